The van der Waals surface area contributed by atoms with Crippen LogP contribution in [-0.2, 0) is 14.0 Å². The molecule has 0 amide bonds. The minimum absolute atomic E-state index is 0.231. The Labute approximate surface area is 99.3 Å². The zero-order chi connectivity index (χ0) is 12.4. The molecule has 3 nitrogen and oxygen atoms in total. The standard InChI is InChI=1S/C12H23BO3/c1-7-10(8-9-14-6)13-15-11(2,3)12(4,5)16-13/h7H,8-9H2,1-6H3/b10-7+. The second-order valence-corrected chi connectivity index (χ2v) is 5.19. The van der Waals surface area contributed by atoms with Gasteiger partial charge in [-0.05, 0) is 46.5 Å². The molecular formula is C12H23BO3. The summed E-state index contributed by atoms with van der Waals surface area (Å²) in [4.78, 5) is 0. The maximum Gasteiger partial charge on any atom is 0.490 e. The lowest BCUT2D eigenvalue weighted by Crippen LogP contribution is -2.41. The number of ether oxygens (including phenoxy) is 1. The molecule has 0 aliphatic carbocycles. The van der Waals surface area contributed by atoms with Crippen LogP contribution >= 0.6 is 0 Å². The molecule has 0 spiro atoms. The zero-order valence-electron chi connectivity index (χ0n) is 11.3. The van der Waals surface area contributed by atoms with Gasteiger partial charge < -0.3 is 14.0 Å². The molecular weight excluding hydrogens is 203 g/mol. The third kappa shape index (κ3) is 2.68. The molecule has 0 radical (unpaired) electrons. The highest BCUT2D eigenvalue weighted by Crippen LogP contribution is 2.38. The summed E-state index contributed by atoms with van der Waals surface area (Å²) in [6, 6.07) is 0. The van der Waals surface area contributed by atoms with Gasteiger partial charge in [-0.3, -0.25) is 0 Å². The normalized spacial score (nSPS) is 23.9. The van der Waals surface area contributed by atoms with Crippen LogP contribution in [0.5, 0.6) is 0 Å². The summed E-state index contributed by atoms with van der Waals surface area (Å²) in [5.74, 6) is 0. The SMILES string of the molecule is C/C=C(\CCOC)B1OC(C)(C)C(C)(C)O1. The van der Waals surface area contributed by atoms with Crippen LogP contribution in [0.1, 0.15) is 41.0 Å². The molecule has 0 bridgehead atoms. The van der Waals surface area contributed by atoms with Crippen LogP contribution in [0.15, 0.2) is 11.5 Å². The first-order valence-corrected chi connectivity index (χ1v) is 5.83. The quantitative estimate of drug-likeness (QED) is 0.689. The Morgan fingerprint density at radius 3 is 2.06 bits per heavy atom. The highest BCUT2D eigenvalue weighted by molar-refractivity contribution is 6.54. The van der Waals surface area contributed by atoms with E-state index >= 15 is 0 Å². The van der Waals surface area contributed by atoms with E-state index in [9.17, 15) is 0 Å². The van der Waals surface area contributed by atoms with Crippen LogP contribution in [-0.4, -0.2) is 32.0 Å². The molecule has 1 aliphatic rings. The van der Waals surface area contributed by atoms with Gasteiger partial charge in [-0.15, -0.1) is 0 Å². The van der Waals surface area contributed by atoms with Crippen molar-refractivity contribution >= 4 is 7.12 Å². The summed E-state index contributed by atoms with van der Waals surface area (Å²) in [5, 5.41) is 0. The van der Waals surface area contributed by atoms with E-state index in [0.717, 1.165) is 11.9 Å². The lowest BCUT2D eigenvalue weighted by molar-refractivity contribution is 0.00578. The first-order valence-electron chi connectivity index (χ1n) is 5.83. The maximum absolute atomic E-state index is 5.97. The molecule has 1 aliphatic heterocycles. The molecule has 1 heterocycles. The van der Waals surface area contributed by atoms with E-state index in [0.29, 0.717) is 6.61 Å². The van der Waals surface area contributed by atoms with E-state index in [1.807, 2.05) is 6.92 Å². The summed E-state index contributed by atoms with van der Waals surface area (Å²) < 4.78 is 17.0. The van der Waals surface area contributed by atoms with Crippen molar-refractivity contribution in [1.82, 2.24) is 0 Å². The lowest BCUT2D eigenvalue weighted by atomic mass is 9.76. The van der Waals surface area contributed by atoms with E-state index in [4.69, 9.17) is 14.0 Å². The van der Waals surface area contributed by atoms with Crippen LogP contribution < -0.4 is 0 Å². The molecule has 0 aromatic heterocycles. The largest absolute Gasteiger partial charge is 0.490 e. The van der Waals surface area contributed by atoms with Crippen molar-refractivity contribution in [2.75, 3.05) is 13.7 Å². The Morgan fingerprint density at radius 2 is 1.69 bits per heavy atom. The predicted octanol–water partition coefficient (Wildman–Crippen LogP) is 2.60. The van der Waals surface area contributed by atoms with Gasteiger partial charge in [-0.25, -0.2) is 0 Å². The topological polar surface area (TPSA) is 27.7 Å². The fourth-order valence-electron chi connectivity index (χ4n) is 1.61. The van der Waals surface area contributed by atoms with Crippen LogP contribution in [0.4, 0.5) is 0 Å². The fraction of sp³-hybridized carbons (Fsp3) is 0.833. The number of methoxy groups -OCH3 is 1. The Balaban J connectivity index is 2.70. The van der Waals surface area contributed by atoms with Crippen molar-refractivity contribution in [3.63, 3.8) is 0 Å². The first-order chi connectivity index (χ1) is 7.34. The number of allylic oxidation sites excluding steroid dienone is 1. The van der Waals surface area contributed by atoms with Gasteiger partial charge in [0, 0.05) is 13.7 Å². The Hall–Kier alpha value is -0.315. The fourth-order valence-corrected chi connectivity index (χ4v) is 1.61. The average molecular weight is 226 g/mol. The van der Waals surface area contributed by atoms with Crippen LogP contribution in [0.2, 0.25) is 0 Å². The van der Waals surface area contributed by atoms with E-state index in [1.165, 1.54) is 0 Å². The van der Waals surface area contributed by atoms with Gasteiger partial charge in [0.25, 0.3) is 0 Å². The number of hydrogen-bond donors (Lipinski definition) is 0. The van der Waals surface area contributed by atoms with Crippen molar-refractivity contribution in [1.29, 1.82) is 0 Å². The second-order valence-electron chi connectivity index (χ2n) is 5.19. The van der Waals surface area contributed by atoms with Crippen LogP contribution in [0.25, 0.3) is 0 Å². The monoisotopic (exact) mass is 226 g/mol. The highest BCUT2D eigenvalue weighted by Gasteiger charge is 2.51. The van der Waals surface area contributed by atoms with Gasteiger partial charge in [0.2, 0.25) is 0 Å². The summed E-state index contributed by atoms with van der Waals surface area (Å²) in [5.41, 5.74) is 0.623. The van der Waals surface area contributed by atoms with E-state index in [1.54, 1.807) is 7.11 Å². The first kappa shape index (κ1) is 13.7. The molecule has 0 unspecified atom stereocenters. The van der Waals surface area contributed by atoms with Crippen molar-refractivity contribution in [2.45, 2.75) is 52.2 Å². The summed E-state index contributed by atoms with van der Waals surface area (Å²) in [7, 11) is 1.47. The van der Waals surface area contributed by atoms with Crippen molar-refractivity contribution in [2.24, 2.45) is 0 Å². The van der Waals surface area contributed by atoms with Crippen LogP contribution in [0.3, 0.4) is 0 Å². The molecule has 0 aromatic carbocycles. The van der Waals surface area contributed by atoms with Gasteiger partial charge in [-0.2, -0.15) is 0 Å². The van der Waals surface area contributed by atoms with Gasteiger partial charge in [0.15, 0.2) is 0 Å². The Morgan fingerprint density at radius 1 is 1.19 bits per heavy atom. The second kappa shape index (κ2) is 4.90. The highest BCUT2D eigenvalue weighted by atomic mass is 16.7. The summed E-state index contributed by atoms with van der Waals surface area (Å²) in [6.07, 6.45) is 2.91. The molecule has 1 rings (SSSR count). The van der Waals surface area contributed by atoms with Crippen molar-refractivity contribution in [3.8, 4) is 0 Å². The van der Waals surface area contributed by atoms with Gasteiger partial charge in [-0.1, -0.05) is 6.08 Å². The predicted molar refractivity (Wildman–Crippen MR) is 66.3 cm³/mol. The van der Waals surface area contributed by atoms with Crippen LogP contribution in [0, 0.1) is 0 Å². The minimum atomic E-state index is -0.265. The van der Waals surface area contributed by atoms with E-state index in [-0.39, 0.29) is 18.3 Å². The molecule has 16 heavy (non-hydrogen) atoms. The number of hydrogen-bond acceptors (Lipinski definition) is 3. The lowest BCUT2D eigenvalue weighted by Gasteiger charge is -2.32. The molecule has 1 fully saturated rings. The van der Waals surface area contributed by atoms with Gasteiger partial charge in [0.1, 0.15) is 0 Å². The van der Waals surface area contributed by atoms with E-state index in [2.05, 4.69) is 33.8 Å². The minimum Gasteiger partial charge on any atom is -0.400 e. The number of rotatable bonds is 4. The maximum atomic E-state index is 5.97. The third-order valence-electron chi connectivity index (χ3n) is 3.52. The summed E-state index contributed by atoms with van der Waals surface area (Å²) in [6.45, 7) is 11.0. The molecule has 0 N–H and O–H groups in total. The Bertz CT molecular complexity index is 255. The van der Waals surface area contributed by atoms with Gasteiger partial charge >= 0.3 is 7.12 Å². The van der Waals surface area contributed by atoms with Gasteiger partial charge in [0.05, 0.1) is 11.2 Å². The molecule has 0 saturated carbocycles. The summed E-state index contributed by atoms with van der Waals surface area (Å²) >= 11 is 0. The Kier molecular flexibility index (Phi) is 4.21. The van der Waals surface area contributed by atoms with E-state index < -0.39 is 0 Å². The third-order valence-corrected chi connectivity index (χ3v) is 3.52. The van der Waals surface area contributed by atoms with Crippen molar-refractivity contribution in [3.05, 3.63) is 11.5 Å². The smallest absolute Gasteiger partial charge is 0.400 e. The molecule has 0 aromatic rings. The molecule has 1 saturated heterocycles. The molecule has 0 atom stereocenters. The zero-order valence-corrected chi connectivity index (χ0v) is 11.3. The average Bonchev–Trinajstić information content (AvgIpc) is 2.37. The van der Waals surface area contributed by atoms with Crippen molar-refractivity contribution < 1.29 is 14.0 Å². The molecule has 92 valence electrons. The molecule has 4 heteroatoms.